The van der Waals surface area contributed by atoms with Crippen LogP contribution in [0, 0.1) is 5.92 Å². The molecule has 0 aliphatic carbocycles. The zero-order valence-corrected chi connectivity index (χ0v) is 16.2. The van der Waals surface area contributed by atoms with Gasteiger partial charge in [-0.25, -0.2) is 4.98 Å². The van der Waals surface area contributed by atoms with Gasteiger partial charge in [0.15, 0.2) is 5.96 Å². The summed E-state index contributed by atoms with van der Waals surface area (Å²) in [6.45, 7) is 6.19. The van der Waals surface area contributed by atoms with Crippen molar-refractivity contribution in [2.45, 2.75) is 39.7 Å². The molecule has 1 rings (SSSR count). The van der Waals surface area contributed by atoms with Crippen LogP contribution in [0.2, 0.25) is 0 Å². The molecule has 0 aromatic carbocycles. The molecule has 0 amide bonds. The van der Waals surface area contributed by atoms with Crippen LogP contribution >= 0.6 is 24.0 Å². The summed E-state index contributed by atoms with van der Waals surface area (Å²) >= 11 is 0. The zero-order chi connectivity index (χ0) is 15.0. The lowest BCUT2D eigenvalue weighted by Gasteiger charge is -2.21. The normalized spacial score (nSPS) is 11.4. The molecule has 0 bridgehead atoms. The second-order valence-electron chi connectivity index (χ2n) is 5.52. The highest BCUT2D eigenvalue weighted by atomic mass is 127. The van der Waals surface area contributed by atoms with E-state index in [9.17, 15) is 0 Å². The molecule has 0 spiro atoms. The van der Waals surface area contributed by atoms with Gasteiger partial charge in [0.2, 0.25) is 0 Å². The summed E-state index contributed by atoms with van der Waals surface area (Å²) in [5, 5.41) is 7.47. The van der Waals surface area contributed by atoms with Crippen LogP contribution < -0.4 is 5.32 Å². The molecule has 122 valence electrons. The summed E-state index contributed by atoms with van der Waals surface area (Å²) in [4.78, 5) is 10.6. The largest absolute Gasteiger partial charge is 0.356 e. The van der Waals surface area contributed by atoms with Crippen molar-refractivity contribution in [3.8, 4) is 0 Å². The molecule has 1 aromatic rings. The van der Waals surface area contributed by atoms with Crippen LogP contribution in [0.4, 0.5) is 0 Å². The lowest BCUT2D eigenvalue weighted by atomic mass is 10.1. The van der Waals surface area contributed by atoms with Crippen molar-refractivity contribution in [2.75, 3.05) is 20.6 Å². The molecule has 6 nitrogen and oxygen atoms in total. The van der Waals surface area contributed by atoms with Gasteiger partial charge in [-0.2, -0.15) is 5.10 Å². The molecule has 0 unspecified atom stereocenters. The highest BCUT2D eigenvalue weighted by molar-refractivity contribution is 14.0. The third-order valence-electron chi connectivity index (χ3n) is 3.25. The molecule has 7 heteroatoms. The standard InChI is InChI=1S/C14H28N6.HI/c1-12(2)8-6-7-9-16-14(15-3)19(4)10-13-17-11-18-20(13)5;/h11-12H,6-10H2,1-5H3,(H,15,16);1H. The smallest absolute Gasteiger partial charge is 0.193 e. The second-order valence-corrected chi connectivity index (χ2v) is 5.52. The number of guanidine groups is 1. The van der Waals surface area contributed by atoms with E-state index in [-0.39, 0.29) is 24.0 Å². The Balaban J connectivity index is 0.00000400. The Labute approximate surface area is 145 Å². The molecule has 0 aliphatic heterocycles. The van der Waals surface area contributed by atoms with Gasteiger partial charge >= 0.3 is 0 Å². The maximum Gasteiger partial charge on any atom is 0.193 e. The van der Waals surface area contributed by atoms with Gasteiger partial charge in [-0.15, -0.1) is 24.0 Å². The molecule has 0 saturated carbocycles. The van der Waals surface area contributed by atoms with Crippen molar-refractivity contribution in [2.24, 2.45) is 18.0 Å². The first-order chi connectivity index (χ1) is 9.54. The van der Waals surface area contributed by atoms with E-state index in [0.717, 1.165) is 24.2 Å². The summed E-state index contributed by atoms with van der Waals surface area (Å²) < 4.78 is 1.78. The van der Waals surface area contributed by atoms with Crippen LogP contribution in [0.15, 0.2) is 11.3 Å². The van der Waals surface area contributed by atoms with Crippen LogP contribution in [0.1, 0.15) is 38.9 Å². The number of aromatic nitrogens is 3. The number of nitrogens with one attached hydrogen (secondary N) is 1. The minimum atomic E-state index is 0. The quantitative estimate of drug-likeness (QED) is 0.326. The average molecular weight is 408 g/mol. The lowest BCUT2D eigenvalue weighted by molar-refractivity contribution is 0.445. The highest BCUT2D eigenvalue weighted by Gasteiger charge is 2.09. The molecule has 21 heavy (non-hydrogen) atoms. The van der Waals surface area contributed by atoms with Gasteiger partial charge < -0.3 is 10.2 Å². The Kier molecular flexibility index (Phi) is 10.4. The van der Waals surface area contributed by atoms with Crippen LogP contribution in [-0.2, 0) is 13.6 Å². The third kappa shape index (κ3) is 7.63. The van der Waals surface area contributed by atoms with Gasteiger partial charge in [0.1, 0.15) is 12.2 Å². The predicted octanol–water partition coefficient (Wildman–Crippen LogP) is 2.27. The van der Waals surface area contributed by atoms with Gasteiger partial charge in [-0.05, 0) is 12.3 Å². The van der Waals surface area contributed by atoms with Gasteiger partial charge in [-0.3, -0.25) is 9.67 Å². The lowest BCUT2D eigenvalue weighted by Crippen LogP contribution is -2.39. The maximum atomic E-state index is 4.30. The van der Waals surface area contributed by atoms with Crippen LogP contribution in [0.3, 0.4) is 0 Å². The van der Waals surface area contributed by atoms with E-state index in [1.807, 2.05) is 21.1 Å². The van der Waals surface area contributed by atoms with E-state index in [1.54, 1.807) is 11.0 Å². The highest BCUT2D eigenvalue weighted by Crippen LogP contribution is 2.05. The van der Waals surface area contributed by atoms with Gasteiger partial charge in [0, 0.05) is 27.7 Å². The fourth-order valence-corrected chi connectivity index (χ4v) is 2.01. The number of hydrogen-bond donors (Lipinski definition) is 1. The second kappa shape index (κ2) is 10.8. The van der Waals surface area contributed by atoms with Gasteiger partial charge in [-0.1, -0.05) is 26.7 Å². The fourth-order valence-electron chi connectivity index (χ4n) is 2.01. The van der Waals surface area contributed by atoms with E-state index in [4.69, 9.17) is 0 Å². The van der Waals surface area contributed by atoms with Gasteiger partial charge in [0.25, 0.3) is 0 Å². The molecule has 1 N–H and O–H groups in total. The number of halogens is 1. The molecular weight excluding hydrogens is 379 g/mol. The third-order valence-corrected chi connectivity index (χ3v) is 3.25. The maximum absolute atomic E-state index is 4.30. The molecule has 1 aromatic heterocycles. The fraction of sp³-hybridized carbons (Fsp3) is 0.786. The predicted molar refractivity (Wildman–Crippen MR) is 97.9 cm³/mol. The first kappa shape index (κ1) is 20.1. The summed E-state index contributed by atoms with van der Waals surface area (Å²) in [7, 11) is 5.72. The number of nitrogens with zero attached hydrogens (tertiary/aromatic N) is 5. The minimum absolute atomic E-state index is 0. The Bertz CT molecular complexity index is 415. The van der Waals surface area contributed by atoms with Crippen molar-refractivity contribution in [1.82, 2.24) is 25.0 Å². The first-order valence-corrected chi connectivity index (χ1v) is 7.29. The number of aliphatic imine (C=N–C) groups is 1. The topological polar surface area (TPSA) is 58.3 Å². The number of aryl methyl sites for hydroxylation is 1. The van der Waals surface area contributed by atoms with Gasteiger partial charge in [0.05, 0.1) is 6.54 Å². The van der Waals surface area contributed by atoms with E-state index in [1.165, 1.54) is 19.3 Å². The minimum Gasteiger partial charge on any atom is -0.356 e. The number of hydrogen-bond acceptors (Lipinski definition) is 3. The van der Waals surface area contributed by atoms with Crippen LogP contribution in [0.5, 0.6) is 0 Å². The number of rotatable bonds is 7. The molecule has 1 heterocycles. The molecule has 0 radical (unpaired) electrons. The summed E-state index contributed by atoms with van der Waals surface area (Å²) in [6, 6.07) is 0. The molecule has 0 saturated heterocycles. The van der Waals surface area contributed by atoms with E-state index < -0.39 is 0 Å². The Morgan fingerprint density at radius 2 is 2.14 bits per heavy atom. The molecular formula is C14H29IN6. The van der Waals surface area contributed by atoms with E-state index >= 15 is 0 Å². The molecule has 0 fully saturated rings. The number of unbranched alkanes of at least 4 members (excludes halogenated alkanes) is 1. The van der Waals surface area contributed by atoms with Crippen LogP contribution in [-0.4, -0.2) is 46.3 Å². The van der Waals surface area contributed by atoms with Crippen molar-refractivity contribution in [1.29, 1.82) is 0 Å². The first-order valence-electron chi connectivity index (χ1n) is 7.29. The monoisotopic (exact) mass is 408 g/mol. The van der Waals surface area contributed by atoms with E-state index in [2.05, 4.69) is 39.1 Å². The van der Waals surface area contributed by atoms with Crippen molar-refractivity contribution in [3.63, 3.8) is 0 Å². The van der Waals surface area contributed by atoms with Crippen LogP contribution in [0.25, 0.3) is 0 Å². The summed E-state index contributed by atoms with van der Waals surface area (Å²) in [6.07, 6.45) is 5.30. The van der Waals surface area contributed by atoms with Crippen molar-refractivity contribution >= 4 is 29.9 Å². The zero-order valence-electron chi connectivity index (χ0n) is 13.8. The van der Waals surface area contributed by atoms with E-state index in [0.29, 0.717) is 6.54 Å². The van der Waals surface area contributed by atoms with Crippen molar-refractivity contribution in [3.05, 3.63) is 12.2 Å². The summed E-state index contributed by atoms with van der Waals surface area (Å²) in [5.41, 5.74) is 0. The Morgan fingerprint density at radius 1 is 1.43 bits per heavy atom. The Hall–Kier alpha value is -0.860. The SMILES string of the molecule is CN=C(NCCCCC(C)C)N(C)Cc1ncnn1C.I. The molecule has 0 aliphatic rings. The molecule has 0 atom stereocenters. The average Bonchev–Trinajstić information content (AvgIpc) is 2.79. The van der Waals surface area contributed by atoms with Crippen molar-refractivity contribution < 1.29 is 0 Å². The summed E-state index contributed by atoms with van der Waals surface area (Å²) in [5.74, 6) is 2.61. The Morgan fingerprint density at radius 3 is 2.67 bits per heavy atom.